The summed E-state index contributed by atoms with van der Waals surface area (Å²) >= 11 is 0. The lowest BCUT2D eigenvalue weighted by Crippen LogP contribution is -2.51. The molecule has 0 aromatic carbocycles. The first-order valence-electron chi connectivity index (χ1n) is 14.0. The van der Waals surface area contributed by atoms with Crippen molar-refractivity contribution in [3.05, 3.63) is 11.6 Å². The van der Waals surface area contributed by atoms with Crippen molar-refractivity contribution in [3.8, 4) is 0 Å². The third kappa shape index (κ3) is 4.10. The number of carbonyl (C=O) groups is 3. The number of allylic oxidation sites excluding steroid dienone is 2. The maximum Gasteiger partial charge on any atom is 0.328 e. The third-order valence-electron chi connectivity index (χ3n) is 10.9. The summed E-state index contributed by atoms with van der Waals surface area (Å²) in [5.74, 6) is 2.13. The van der Waals surface area contributed by atoms with Crippen LogP contribution >= 0.6 is 0 Å². The van der Waals surface area contributed by atoms with Crippen molar-refractivity contribution < 1.29 is 24.0 Å². The Morgan fingerprint density at radius 3 is 2.61 bits per heavy atom. The lowest BCUT2D eigenvalue weighted by molar-refractivity contribution is -0.152. The van der Waals surface area contributed by atoms with Crippen molar-refractivity contribution in [2.45, 2.75) is 91.0 Å². The van der Waals surface area contributed by atoms with Gasteiger partial charge < -0.3 is 14.5 Å². The molecule has 0 N–H and O–H groups in total. The van der Waals surface area contributed by atoms with Crippen LogP contribution in [0.2, 0.25) is 0 Å². The van der Waals surface area contributed by atoms with E-state index in [2.05, 4.69) is 25.1 Å². The van der Waals surface area contributed by atoms with Crippen molar-refractivity contribution >= 4 is 23.4 Å². The average molecular weight is 499 g/mol. The molecule has 5 rings (SSSR count). The van der Waals surface area contributed by atoms with Crippen LogP contribution in [-0.4, -0.2) is 54.6 Å². The van der Waals surface area contributed by atoms with E-state index in [4.69, 9.17) is 9.57 Å². The van der Waals surface area contributed by atoms with Gasteiger partial charge in [-0.2, -0.15) is 0 Å². The molecule has 0 unspecified atom stereocenters. The van der Waals surface area contributed by atoms with Crippen molar-refractivity contribution in [1.82, 2.24) is 4.90 Å². The molecule has 7 atom stereocenters. The molecule has 0 aromatic heterocycles. The van der Waals surface area contributed by atoms with E-state index in [0.29, 0.717) is 36.5 Å². The molecule has 36 heavy (non-hydrogen) atoms. The van der Waals surface area contributed by atoms with Crippen LogP contribution in [0.3, 0.4) is 0 Å². The normalized spacial score (nSPS) is 40.7. The fourth-order valence-electron chi connectivity index (χ4n) is 9.01. The second-order valence-corrected chi connectivity index (χ2v) is 12.4. The van der Waals surface area contributed by atoms with E-state index in [1.54, 1.807) is 11.8 Å². The van der Waals surface area contributed by atoms with Crippen molar-refractivity contribution in [2.75, 3.05) is 20.3 Å². The van der Waals surface area contributed by atoms with Crippen LogP contribution in [0.1, 0.15) is 85.0 Å². The highest BCUT2D eigenvalue weighted by atomic mass is 16.6. The molecule has 1 saturated heterocycles. The van der Waals surface area contributed by atoms with E-state index in [9.17, 15) is 14.4 Å². The summed E-state index contributed by atoms with van der Waals surface area (Å²) in [4.78, 5) is 44.0. The Hall–Kier alpha value is -2.18. The average Bonchev–Trinajstić information content (AvgIpc) is 3.48. The first-order chi connectivity index (χ1) is 17.2. The van der Waals surface area contributed by atoms with Crippen molar-refractivity contribution in [2.24, 2.45) is 39.7 Å². The first kappa shape index (κ1) is 25.5. The van der Waals surface area contributed by atoms with Gasteiger partial charge in [-0.1, -0.05) is 24.6 Å². The van der Waals surface area contributed by atoms with Crippen LogP contribution in [0.5, 0.6) is 0 Å². The molecule has 7 heteroatoms. The minimum atomic E-state index is -0.505. The van der Waals surface area contributed by atoms with Gasteiger partial charge >= 0.3 is 5.97 Å². The third-order valence-corrected chi connectivity index (χ3v) is 10.9. The molecule has 4 fully saturated rings. The lowest BCUT2D eigenvalue weighted by atomic mass is 9.46. The van der Waals surface area contributed by atoms with E-state index >= 15 is 0 Å². The smallest absolute Gasteiger partial charge is 0.328 e. The molecule has 5 aliphatic rings. The molecule has 1 amide bonds. The molecule has 1 aliphatic heterocycles. The van der Waals surface area contributed by atoms with Gasteiger partial charge in [-0.25, -0.2) is 4.79 Å². The number of hydrogen-bond donors (Lipinski definition) is 0. The predicted octanol–water partition coefficient (Wildman–Crippen LogP) is 4.69. The topological polar surface area (TPSA) is 85.3 Å². The van der Waals surface area contributed by atoms with Gasteiger partial charge in [0.2, 0.25) is 0 Å². The fraction of sp³-hybridized carbons (Fsp3) is 0.793. The summed E-state index contributed by atoms with van der Waals surface area (Å²) in [6.45, 7) is 7.06. The van der Waals surface area contributed by atoms with Crippen molar-refractivity contribution in [3.63, 3.8) is 0 Å². The number of rotatable bonds is 5. The van der Waals surface area contributed by atoms with Gasteiger partial charge in [0.05, 0.1) is 12.8 Å². The highest BCUT2D eigenvalue weighted by Crippen LogP contribution is 2.66. The van der Waals surface area contributed by atoms with Crippen molar-refractivity contribution in [1.29, 1.82) is 0 Å². The Morgan fingerprint density at radius 2 is 1.86 bits per heavy atom. The first-order valence-corrected chi connectivity index (χ1v) is 14.0. The zero-order chi connectivity index (χ0) is 25.7. The summed E-state index contributed by atoms with van der Waals surface area (Å²) in [5.41, 5.74) is 2.78. The molecule has 0 radical (unpaired) electrons. The Labute approximate surface area is 215 Å². The fourth-order valence-corrected chi connectivity index (χ4v) is 9.01. The summed E-state index contributed by atoms with van der Waals surface area (Å²) < 4.78 is 4.83. The van der Waals surface area contributed by atoms with E-state index in [0.717, 1.165) is 37.8 Å². The van der Waals surface area contributed by atoms with Crippen LogP contribution < -0.4 is 0 Å². The van der Waals surface area contributed by atoms with Crippen LogP contribution in [0, 0.1) is 34.5 Å². The van der Waals surface area contributed by atoms with Gasteiger partial charge in [0.25, 0.3) is 5.91 Å². The molecular formula is C29H42N2O5. The van der Waals surface area contributed by atoms with Gasteiger partial charge in [0, 0.05) is 12.5 Å². The van der Waals surface area contributed by atoms with Gasteiger partial charge in [-0.3, -0.25) is 9.59 Å². The standard InChI is InChI=1S/C29H42N2O5/c1-18(32)22-9-10-23-21-8-7-19-16-20(11-13-28(19,2)24(21)12-14-29(22,23)3)30-36-17-26(33)31-15-5-6-25(31)27(34)35-4/h16,21-25H,5-15,17H2,1-4H3/b30-20-/t21-,22-,23+,24-,25-,28+,29-/m1/s1. The van der Waals surface area contributed by atoms with E-state index in [1.165, 1.54) is 38.4 Å². The molecule has 3 saturated carbocycles. The number of amides is 1. The van der Waals surface area contributed by atoms with Gasteiger partial charge in [0.1, 0.15) is 11.8 Å². The zero-order valence-corrected chi connectivity index (χ0v) is 22.4. The van der Waals surface area contributed by atoms with Crippen LogP contribution in [0.15, 0.2) is 16.8 Å². The van der Waals surface area contributed by atoms with Crippen LogP contribution in [0.25, 0.3) is 0 Å². The number of ketones is 1. The second kappa shape index (κ2) is 9.60. The Balaban J connectivity index is 1.23. The molecule has 1 heterocycles. The maximum absolute atomic E-state index is 12.6. The van der Waals surface area contributed by atoms with E-state index < -0.39 is 6.04 Å². The highest BCUT2D eigenvalue weighted by Gasteiger charge is 2.59. The van der Waals surface area contributed by atoms with Gasteiger partial charge in [-0.05, 0) is 106 Å². The molecule has 0 aromatic rings. The summed E-state index contributed by atoms with van der Waals surface area (Å²) in [7, 11) is 1.35. The quantitative estimate of drug-likeness (QED) is 0.405. The van der Waals surface area contributed by atoms with Crippen LogP contribution in [0.4, 0.5) is 0 Å². The number of esters is 1. The van der Waals surface area contributed by atoms with E-state index in [1.807, 2.05) is 0 Å². The number of likely N-dealkylation sites (tertiary alicyclic amines) is 1. The van der Waals surface area contributed by atoms with Gasteiger partial charge in [0.15, 0.2) is 6.61 Å². The molecule has 0 bridgehead atoms. The number of methoxy groups -OCH3 is 1. The van der Waals surface area contributed by atoms with E-state index in [-0.39, 0.29) is 35.2 Å². The molecule has 198 valence electrons. The summed E-state index contributed by atoms with van der Waals surface area (Å²) in [6, 6.07) is -0.505. The minimum Gasteiger partial charge on any atom is -0.467 e. The minimum absolute atomic E-state index is 0.153. The number of fused-ring (bicyclic) bond motifs is 5. The number of ether oxygens (including phenoxy) is 1. The van der Waals surface area contributed by atoms with Gasteiger partial charge in [-0.15, -0.1) is 0 Å². The molecular weight excluding hydrogens is 456 g/mol. The van der Waals surface area contributed by atoms with Crippen LogP contribution in [-0.2, 0) is 24.0 Å². The Morgan fingerprint density at radius 1 is 1.06 bits per heavy atom. The monoisotopic (exact) mass is 498 g/mol. The SMILES string of the molecule is COC(=O)[C@H]1CCCN1C(=O)CO/N=C1\C=C2CC[C@H]3[C@@H](CC[C@]4(C)[C@@H](C(C)=O)CC[C@@H]34)[C@@]2(C)CC1. The summed E-state index contributed by atoms with van der Waals surface area (Å²) in [6.07, 6.45) is 12.5. The summed E-state index contributed by atoms with van der Waals surface area (Å²) in [5, 5.41) is 4.34. The highest BCUT2D eigenvalue weighted by molar-refractivity contribution is 5.96. The number of nitrogens with zero attached hydrogens (tertiary/aromatic N) is 2. The lowest BCUT2D eigenvalue weighted by Gasteiger charge is -2.58. The predicted molar refractivity (Wildman–Crippen MR) is 136 cm³/mol. The largest absolute Gasteiger partial charge is 0.467 e. The molecule has 7 nitrogen and oxygen atoms in total. The number of hydrogen-bond acceptors (Lipinski definition) is 6. The Bertz CT molecular complexity index is 988. The number of oxime groups is 1. The maximum atomic E-state index is 12.6. The number of carbonyl (C=O) groups excluding carboxylic acids is 3. The molecule has 4 aliphatic carbocycles. The second-order valence-electron chi connectivity index (χ2n) is 12.4. The number of Topliss-reactive ketones (excluding diaryl/α,β-unsaturated/α-hetero) is 1. The zero-order valence-electron chi connectivity index (χ0n) is 22.4. The Kier molecular flexibility index (Phi) is 6.80. The molecule has 0 spiro atoms.